The summed E-state index contributed by atoms with van der Waals surface area (Å²) in [6.45, 7) is 2.20. The lowest BCUT2D eigenvalue weighted by molar-refractivity contribution is 0.869. The minimum Gasteiger partial charge on any atom is -0.275 e. The molecule has 18 heavy (non-hydrogen) atoms. The first-order chi connectivity index (χ1) is 8.77. The van der Waals surface area contributed by atoms with Crippen molar-refractivity contribution in [1.82, 2.24) is 5.40 Å². The molecule has 0 unspecified atom stereocenters. The van der Waals surface area contributed by atoms with E-state index in [1.165, 1.54) is 10.4 Å². The molecule has 0 heterocycles. The summed E-state index contributed by atoms with van der Waals surface area (Å²) in [7, 11) is -2.27. The quantitative estimate of drug-likeness (QED) is 0.733. The summed E-state index contributed by atoms with van der Waals surface area (Å²) in [5, 5.41) is 11.5. The van der Waals surface area contributed by atoms with Crippen molar-refractivity contribution in [3.63, 3.8) is 0 Å². The molecule has 2 aromatic carbocycles. The summed E-state index contributed by atoms with van der Waals surface area (Å²) in [5.41, 5.74) is 0. The van der Waals surface area contributed by atoms with Gasteiger partial charge in [-0.3, -0.25) is 5.40 Å². The number of rotatable bonds is 5. The predicted molar refractivity (Wildman–Crippen MR) is 80.7 cm³/mol. The first-order valence-corrected chi connectivity index (χ1v) is 8.84. The second-order valence-electron chi connectivity index (χ2n) is 4.74. The zero-order chi connectivity index (χ0) is 12.8. The van der Waals surface area contributed by atoms with Crippen LogP contribution in [0, 0.1) is 0 Å². The second-order valence-corrected chi connectivity index (χ2v) is 8.21. The molecule has 0 fully saturated rings. The third-order valence-corrected chi connectivity index (χ3v) is 7.18. The van der Waals surface area contributed by atoms with E-state index in [1.54, 1.807) is 0 Å². The minimum absolute atomic E-state index is 1.01. The molecule has 0 aliphatic rings. The summed E-state index contributed by atoms with van der Waals surface area (Å²) in [6, 6.07) is 21.8. The molecule has 2 aromatic rings. The van der Waals surface area contributed by atoms with E-state index in [0.717, 1.165) is 18.9 Å². The molecule has 0 aliphatic carbocycles. The van der Waals surface area contributed by atoms with Gasteiger partial charge in [0.15, 0.2) is 0 Å². The van der Waals surface area contributed by atoms with Gasteiger partial charge in [-0.25, -0.2) is 0 Å². The monoisotopic (exact) mass is 254 g/mol. The first kappa shape index (κ1) is 13.1. The zero-order valence-corrected chi connectivity index (χ0v) is 11.9. The summed E-state index contributed by atoms with van der Waals surface area (Å²) in [5.74, 6) is 0. The van der Waals surface area contributed by atoms with Gasteiger partial charge in [0.05, 0.1) is 0 Å². The minimum atomic E-state index is -2.27. The molecule has 1 radical (unpaired) electrons. The Morgan fingerprint density at radius 2 is 1.28 bits per heavy atom. The van der Waals surface area contributed by atoms with Gasteiger partial charge in [0.2, 0.25) is 8.24 Å². The Balaban J connectivity index is 2.41. The van der Waals surface area contributed by atoms with E-state index in [0.29, 0.717) is 0 Å². The average Bonchev–Trinajstić information content (AvgIpc) is 2.46. The molecule has 2 rings (SSSR count). The van der Waals surface area contributed by atoms with Crippen LogP contribution >= 0.6 is 0 Å². The number of nitrogens with one attached hydrogen (secondary N) is 1. The maximum atomic E-state index is 9.04. The van der Waals surface area contributed by atoms with Crippen molar-refractivity contribution in [2.24, 2.45) is 0 Å². The van der Waals surface area contributed by atoms with Crippen LogP contribution in [0.15, 0.2) is 60.7 Å². The van der Waals surface area contributed by atoms with Crippen LogP contribution in [0.25, 0.3) is 0 Å². The van der Waals surface area contributed by atoms with Crippen molar-refractivity contribution in [3.05, 3.63) is 60.7 Å². The normalized spacial score (nSPS) is 11.4. The van der Waals surface area contributed by atoms with Gasteiger partial charge in [-0.05, 0) is 16.4 Å². The Morgan fingerprint density at radius 1 is 0.833 bits per heavy atom. The van der Waals surface area contributed by atoms with E-state index in [2.05, 4.69) is 55.5 Å². The molecule has 0 bridgehead atoms. The van der Waals surface area contributed by atoms with Crippen LogP contribution in [0.3, 0.4) is 0 Å². The van der Waals surface area contributed by atoms with Crippen LogP contribution in [0.5, 0.6) is 0 Å². The van der Waals surface area contributed by atoms with Crippen molar-refractivity contribution in [2.75, 3.05) is 0 Å². The molecule has 0 saturated carbocycles. The predicted octanol–water partition coefficient (Wildman–Crippen LogP) is 2.83. The standard InChI is InChI=1S/C16H20NSi/c1-2-3-14-18(17,15-10-6-4-7-11-15)16-12-8-5-9-13-16/h4-13,17H,2-3,14H2,1H3. The van der Waals surface area contributed by atoms with Gasteiger partial charge in [0.25, 0.3) is 0 Å². The molecule has 2 heteroatoms. The molecule has 0 aromatic heterocycles. The van der Waals surface area contributed by atoms with Crippen molar-refractivity contribution < 1.29 is 0 Å². The summed E-state index contributed by atoms with van der Waals surface area (Å²) in [4.78, 5) is 0. The fourth-order valence-electron chi connectivity index (χ4n) is 2.34. The van der Waals surface area contributed by atoms with E-state index >= 15 is 0 Å². The van der Waals surface area contributed by atoms with Crippen LogP contribution in [-0.2, 0) is 0 Å². The highest BCUT2D eigenvalue weighted by molar-refractivity contribution is 6.99. The van der Waals surface area contributed by atoms with Crippen molar-refractivity contribution in [1.29, 1.82) is 0 Å². The Bertz CT molecular complexity index is 427. The van der Waals surface area contributed by atoms with Gasteiger partial charge in [-0.1, -0.05) is 80.4 Å². The number of benzene rings is 2. The average molecular weight is 254 g/mol. The van der Waals surface area contributed by atoms with Crippen molar-refractivity contribution in [3.8, 4) is 0 Å². The van der Waals surface area contributed by atoms with Crippen LogP contribution < -0.4 is 15.8 Å². The smallest absolute Gasteiger partial charge is 0.202 e. The summed E-state index contributed by atoms with van der Waals surface area (Å²) < 4.78 is 0. The highest BCUT2D eigenvalue weighted by atomic mass is 28.3. The van der Waals surface area contributed by atoms with Crippen molar-refractivity contribution in [2.45, 2.75) is 25.8 Å². The maximum Gasteiger partial charge on any atom is 0.202 e. The molecule has 0 atom stereocenters. The molecular formula is C16H20NSi. The highest BCUT2D eigenvalue weighted by Crippen LogP contribution is 2.11. The lowest BCUT2D eigenvalue weighted by atomic mass is 10.4. The van der Waals surface area contributed by atoms with E-state index in [1.807, 2.05) is 12.1 Å². The zero-order valence-electron chi connectivity index (χ0n) is 10.9. The second kappa shape index (κ2) is 5.98. The number of hydrogen-bond acceptors (Lipinski definition) is 0. The Hall–Kier alpha value is -1.38. The number of unbranched alkanes of at least 4 members (excludes halogenated alkanes) is 1. The molecule has 1 nitrogen and oxygen atoms in total. The molecule has 0 saturated heterocycles. The van der Waals surface area contributed by atoms with Crippen LogP contribution in [0.2, 0.25) is 6.04 Å². The van der Waals surface area contributed by atoms with E-state index < -0.39 is 8.24 Å². The first-order valence-electron chi connectivity index (χ1n) is 6.63. The van der Waals surface area contributed by atoms with Gasteiger partial charge >= 0.3 is 0 Å². The van der Waals surface area contributed by atoms with E-state index in [4.69, 9.17) is 5.40 Å². The molecule has 0 spiro atoms. The van der Waals surface area contributed by atoms with Gasteiger partial charge in [-0.2, -0.15) is 0 Å². The Labute approximate surface area is 111 Å². The largest absolute Gasteiger partial charge is 0.275 e. The van der Waals surface area contributed by atoms with Gasteiger partial charge < -0.3 is 0 Å². The fraction of sp³-hybridized carbons (Fsp3) is 0.250. The van der Waals surface area contributed by atoms with E-state index in [9.17, 15) is 0 Å². The lowest BCUT2D eigenvalue weighted by Crippen LogP contribution is -2.60. The molecule has 1 N–H and O–H groups in total. The van der Waals surface area contributed by atoms with Crippen LogP contribution in [0.1, 0.15) is 19.8 Å². The van der Waals surface area contributed by atoms with Crippen LogP contribution in [0.4, 0.5) is 0 Å². The number of hydrogen-bond donors (Lipinski definition) is 0. The topological polar surface area (TPSA) is 23.8 Å². The Morgan fingerprint density at radius 3 is 1.67 bits per heavy atom. The maximum absolute atomic E-state index is 9.04. The highest BCUT2D eigenvalue weighted by Gasteiger charge is 2.33. The molecule has 0 amide bonds. The summed E-state index contributed by atoms with van der Waals surface area (Å²) in [6.07, 6.45) is 2.30. The molecule has 93 valence electrons. The van der Waals surface area contributed by atoms with Crippen molar-refractivity contribution >= 4 is 18.6 Å². The third kappa shape index (κ3) is 2.71. The lowest BCUT2D eigenvalue weighted by Gasteiger charge is -2.26. The molecule has 0 aliphatic heterocycles. The van der Waals surface area contributed by atoms with E-state index in [-0.39, 0.29) is 0 Å². The van der Waals surface area contributed by atoms with Gasteiger partial charge in [-0.15, -0.1) is 0 Å². The molecular weight excluding hydrogens is 234 g/mol. The fourth-order valence-corrected chi connectivity index (χ4v) is 5.66. The summed E-state index contributed by atoms with van der Waals surface area (Å²) >= 11 is 0. The SMILES string of the molecule is CCCC[Si]([NH])(c1ccccc1)c1ccccc1. The van der Waals surface area contributed by atoms with Crippen LogP contribution in [-0.4, -0.2) is 8.24 Å². The van der Waals surface area contributed by atoms with Gasteiger partial charge in [0, 0.05) is 0 Å². The van der Waals surface area contributed by atoms with Gasteiger partial charge in [0.1, 0.15) is 0 Å². The Kier molecular flexibility index (Phi) is 4.34. The third-order valence-electron chi connectivity index (χ3n) is 3.44.